The minimum Gasteiger partial charge on any atom is -0.406 e. The molecule has 11 heteroatoms. The van der Waals surface area contributed by atoms with Gasteiger partial charge in [0, 0.05) is 42.8 Å². The van der Waals surface area contributed by atoms with Gasteiger partial charge in [-0.05, 0) is 49.5 Å². The minimum absolute atomic E-state index is 0.163. The monoisotopic (exact) mass is 473 g/mol. The van der Waals surface area contributed by atoms with Gasteiger partial charge in [-0.15, -0.1) is 13.2 Å². The molecule has 31 heavy (non-hydrogen) atoms. The molecule has 4 rings (SSSR count). The van der Waals surface area contributed by atoms with Crippen molar-refractivity contribution in [1.29, 1.82) is 0 Å². The van der Waals surface area contributed by atoms with Crippen molar-refractivity contribution in [2.45, 2.75) is 11.3 Å². The maximum absolute atomic E-state index is 13.3. The van der Waals surface area contributed by atoms with Crippen LogP contribution in [0, 0.1) is 0 Å². The number of nitrogens with zero attached hydrogens (tertiary/aromatic N) is 3. The topological polar surface area (TPSA) is 54.8 Å². The first kappa shape index (κ1) is 21.8. The van der Waals surface area contributed by atoms with Crippen LogP contribution in [0.1, 0.15) is 0 Å². The lowest BCUT2D eigenvalue weighted by molar-refractivity contribution is -0.274. The first-order valence-electron chi connectivity index (χ1n) is 9.40. The van der Waals surface area contributed by atoms with Crippen molar-refractivity contribution in [2.75, 3.05) is 38.1 Å². The van der Waals surface area contributed by atoms with Crippen LogP contribution in [0.2, 0.25) is 5.02 Å². The van der Waals surface area contributed by atoms with Gasteiger partial charge in [0.1, 0.15) is 5.75 Å². The van der Waals surface area contributed by atoms with Crippen LogP contribution < -0.4 is 9.64 Å². The number of rotatable bonds is 4. The van der Waals surface area contributed by atoms with E-state index in [1.54, 1.807) is 24.4 Å². The summed E-state index contributed by atoms with van der Waals surface area (Å²) in [6.45, 7) is 3.16. The summed E-state index contributed by atoms with van der Waals surface area (Å²) in [4.78, 5) is 4.14. The summed E-state index contributed by atoms with van der Waals surface area (Å²) < 4.78 is 68.8. The highest BCUT2D eigenvalue weighted by Crippen LogP contribution is 2.34. The summed E-state index contributed by atoms with van der Waals surface area (Å²) in [6, 6.07) is 9.15. The zero-order valence-electron chi connectivity index (χ0n) is 16.4. The van der Waals surface area contributed by atoms with E-state index in [1.165, 1.54) is 0 Å². The average molecular weight is 474 g/mol. The molecule has 1 aromatic heterocycles. The van der Waals surface area contributed by atoms with Gasteiger partial charge in [0.2, 0.25) is 0 Å². The highest BCUT2D eigenvalue weighted by atomic mass is 35.5. The van der Waals surface area contributed by atoms with Gasteiger partial charge in [0.05, 0.1) is 16.1 Å². The molecule has 1 aliphatic heterocycles. The molecule has 0 unspecified atom stereocenters. The molecule has 0 radical (unpaired) electrons. The van der Waals surface area contributed by atoms with E-state index in [9.17, 15) is 21.6 Å². The molecule has 166 valence electrons. The first-order chi connectivity index (χ1) is 14.5. The number of hydrogen-bond donors (Lipinski definition) is 0. The quantitative estimate of drug-likeness (QED) is 0.569. The molecule has 0 saturated carbocycles. The fraction of sp³-hybridized carbons (Fsp3) is 0.300. The Bertz CT molecular complexity index is 1200. The van der Waals surface area contributed by atoms with Gasteiger partial charge < -0.3 is 14.5 Å². The molecule has 0 atom stereocenters. The Morgan fingerprint density at radius 1 is 1.00 bits per heavy atom. The number of likely N-dealkylation sites (N-methyl/N-ethyl adjacent to an activating group) is 1. The lowest BCUT2D eigenvalue weighted by atomic mass is 10.2. The lowest BCUT2D eigenvalue weighted by Crippen LogP contribution is -2.44. The third-order valence-electron chi connectivity index (χ3n) is 5.17. The zero-order chi connectivity index (χ0) is 22.4. The molecule has 2 heterocycles. The van der Waals surface area contributed by atoms with Crippen LogP contribution >= 0.6 is 11.6 Å². The Morgan fingerprint density at radius 2 is 1.65 bits per heavy atom. The molecule has 0 aliphatic carbocycles. The van der Waals surface area contributed by atoms with E-state index in [0.717, 1.165) is 65.5 Å². The molecule has 0 N–H and O–H groups in total. The molecule has 6 nitrogen and oxygen atoms in total. The van der Waals surface area contributed by atoms with Gasteiger partial charge in [-0.1, -0.05) is 11.6 Å². The Kier molecular flexibility index (Phi) is 5.57. The summed E-state index contributed by atoms with van der Waals surface area (Å²) in [6.07, 6.45) is -3.31. The molecule has 2 aromatic carbocycles. The van der Waals surface area contributed by atoms with Crippen molar-refractivity contribution in [3.63, 3.8) is 0 Å². The number of fused-ring (bicyclic) bond motifs is 1. The third-order valence-corrected chi connectivity index (χ3v) is 7.09. The molecule has 0 amide bonds. The van der Waals surface area contributed by atoms with Crippen LogP contribution in [0.3, 0.4) is 0 Å². The molecule has 3 aromatic rings. The average Bonchev–Trinajstić information content (AvgIpc) is 3.07. The molecule has 1 aliphatic rings. The highest BCUT2D eigenvalue weighted by Gasteiger charge is 2.31. The predicted molar refractivity (Wildman–Crippen MR) is 112 cm³/mol. The number of alkyl halides is 3. The van der Waals surface area contributed by atoms with Gasteiger partial charge in [0.15, 0.2) is 0 Å². The Morgan fingerprint density at radius 3 is 2.26 bits per heavy atom. The van der Waals surface area contributed by atoms with E-state index < -0.39 is 22.1 Å². The highest BCUT2D eigenvalue weighted by molar-refractivity contribution is 7.90. The first-order valence-corrected chi connectivity index (χ1v) is 11.2. The second kappa shape index (κ2) is 7.92. The van der Waals surface area contributed by atoms with E-state index in [1.807, 2.05) is 7.05 Å². The van der Waals surface area contributed by atoms with Gasteiger partial charge in [0.25, 0.3) is 10.0 Å². The number of hydrogen-bond acceptors (Lipinski definition) is 5. The molecule has 1 fully saturated rings. The van der Waals surface area contributed by atoms with E-state index in [0.29, 0.717) is 10.5 Å². The number of aromatic nitrogens is 1. The Balaban J connectivity index is 1.77. The van der Waals surface area contributed by atoms with Crippen molar-refractivity contribution in [3.8, 4) is 5.75 Å². The minimum atomic E-state index is -4.86. The van der Waals surface area contributed by atoms with Crippen molar-refractivity contribution in [1.82, 2.24) is 8.87 Å². The van der Waals surface area contributed by atoms with Crippen LogP contribution in [0.4, 0.5) is 18.9 Å². The summed E-state index contributed by atoms with van der Waals surface area (Å²) in [5, 5.41) is 1.11. The lowest BCUT2D eigenvalue weighted by Gasteiger charge is -2.33. The Labute approximate surface area is 182 Å². The molecule has 0 bridgehead atoms. The normalized spacial score (nSPS) is 16.1. The summed E-state index contributed by atoms with van der Waals surface area (Å²) in [5.74, 6) is -0.495. The van der Waals surface area contributed by atoms with Crippen LogP contribution in [0.5, 0.6) is 5.75 Å². The number of piperazine rings is 1. The van der Waals surface area contributed by atoms with Gasteiger partial charge in [-0.25, -0.2) is 12.4 Å². The summed E-state index contributed by atoms with van der Waals surface area (Å²) in [5.41, 5.74) is 1.16. The second-order valence-corrected chi connectivity index (χ2v) is 9.54. The molecule has 0 spiro atoms. The number of halogens is 4. The van der Waals surface area contributed by atoms with Crippen molar-refractivity contribution in [2.24, 2.45) is 0 Å². The largest absolute Gasteiger partial charge is 0.573 e. The standard InChI is InChI=1S/C20H19ClF3N3O3S/c1-25-8-10-26(11-9-25)19-13-27(18-12-14(21)2-7-17(18)19)31(28,29)16-5-3-15(4-6-16)30-20(22,23)24/h2-7,12-13H,8-11H2,1H3. The van der Waals surface area contributed by atoms with E-state index in [2.05, 4.69) is 14.5 Å². The fourth-order valence-electron chi connectivity index (χ4n) is 3.58. The number of ether oxygens (including phenoxy) is 1. The van der Waals surface area contributed by atoms with E-state index >= 15 is 0 Å². The van der Waals surface area contributed by atoms with Gasteiger partial charge >= 0.3 is 6.36 Å². The smallest absolute Gasteiger partial charge is 0.406 e. The maximum Gasteiger partial charge on any atom is 0.573 e. The van der Waals surface area contributed by atoms with Crippen molar-refractivity contribution < 1.29 is 26.3 Å². The maximum atomic E-state index is 13.3. The summed E-state index contributed by atoms with van der Waals surface area (Å²) >= 11 is 6.13. The molecular weight excluding hydrogens is 455 g/mol. The SMILES string of the molecule is CN1CCN(c2cn(S(=O)(=O)c3ccc(OC(F)(F)F)cc3)c3cc(Cl)ccc23)CC1. The van der Waals surface area contributed by atoms with Crippen LogP contribution in [-0.2, 0) is 10.0 Å². The molecular formula is C20H19ClF3N3O3S. The van der Waals surface area contributed by atoms with Gasteiger partial charge in [-0.2, -0.15) is 0 Å². The van der Waals surface area contributed by atoms with E-state index in [-0.39, 0.29) is 4.90 Å². The summed E-state index contributed by atoms with van der Waals surface area (Å²) in [7, 11) is -2.06. The number of anilines is 1. The molecule has 1 saturated heterocycles. The fourth-order valence-corrected chi connectivity index (χ4v) is 5.10. The van der Waals surface area contributed by atoms with Crippen molar-refractivity contribution >= 4 is 38.2 Å². The van der Waals surface area contributed by atoms with Gasteiger partial charge in [-0.3, -0.25) is 0 Å². The number of benzene rings is 2. The third kappa shape index (κ3) is 4.46. The van der Waals surface area contributed by atoms with Crippen LogP contribution in [0.25, 0.3) is 10.9 Å². The predicted octanol–water partition coefficient (Wildman–Crippen LogP) is 4.18. The second-order valence-electron chi connectivity index (χ2n) is 7.29. The zero-order valence-corrected chi connectivity index (χ0v) is 18.0. The van der Waals surface area contributed by atoms with Crippen LogP contribution in [-0.4, -0.2) is 56.9 Å². The Hall–Kier alpha value is -2.43. The van der Waals surface area contributed by atoms with Crippen LogP contribution in [0.15, 0.2) is 53.6 Å². The van der Waals surface area contributed by atoms with Crippen molar-refractivity contribution in [3.05, 3.63) is 53.7 Å². The van der Waals surface area contributed by atoms with E-state index in [4.69, 9.17) is 11.6 Å².